The van der Waals surface area contributed by atoms with Crippen LogP contribution in [-0.2, 0) is 19.6 Å². The van der Waals surface area contributed by atoms with E-state index in [2.05, 4.69) is 15.6 Å². The first-order valence-electron chi connectivity index (χ1n) is 7.69. The topological polar surface area (TPSA) is 56.7 Å². The SMILES string of the molecule is CN=C(NCCc1cccc(F)c1)NCc1ccc(F)c(CO)c1. The van der Waals surface area contributed by atoms with Gasteiger partial charge in [-0.1, -0.05) is 18.2 Å². The summed E-state index contributed by atoms with van der Waals surface area (Å²) in [5.41, 5.74) is 2.01. The van der Waals surface area contributed by atoms with E-state index >= 15 is 0 Å². The minimum Gasteiger partial charge on any atom is -0.392 e. The molecule has 0 aliphatic rings. The van der Waals surface area contributed by atoms with Crippen molar-refractivity contribution in [1.82, 2.24) is 10.6 Å². The molecule has 0 aromatic heterocycles. The van der Waals surface area contributed by atoms with Gasteiger partial charge in [0.25, 0.3) is 0 Å². The van der Waals surface area contributed by atoms with Gasteiger partial charge in [-0.15, -0.1) is 0 Å². The Kier molecular flexibility index (Phi) is 6.69. The lowest BCUT2D eigenvalue weighted by atomic mass is 10.1. The number of halogens is 2. The lowest BCUT2D eigenvalue weighted by Crippen LogP contribution is -2.37. The van der Waals surface area contributed by atoms with Crippen molar-refractivity contribution >= 4 is 5.96 Å². The van der Waals surface area contributed by atoms with Crippen LogP contribution in [-0.4, -0.2) is 24.7 Å². The van der Waals surface area contributed by atoms with E-state index in [-0.39, 0.29) is 18.0 Å². The van der Waals surface area contributed by atoms with E-state index in [0.717, 1.165) is 11.1 Å². The first-order valence-corrected chi connectivity index (χ1v) is 7.69. The average Bonchev–Trinajstić information content (AvgIpc) is 2.59. The maximum atomic E-state index is 13.3. The summed E-state index contributed by atoms with van der Waals surface area (Å²) < 4.78 is 26.5. The molecule has 0 unspecified atom stereocenters. The van der Waals surface area contributed by atoms with Crippen molar-refractivity contribution < 1.29 is 13.9 Å². The fourth-order valence-corrected chi connectivity index (χ4v) is 2.28. The van der Waals surface area contributed by atoms with E-state index in [1.807, 2.05) is 6.07 Å². The summed E-state index contributed by atoms with van der Waals surface area (Å²) in [6.07, 6.45) is 0.670. The van der Waals surface area contributed by atoms with E-state index in [1.165, 1.54) is 18.2 Å². The molecule has 0 bridgehead atoms. The predicted octanol–water partition coefficient (Wildman–Crippen LogP) is 2.36. The number of aliphatic hydroxyl groups excluding tert-OH is 1. The van der Waals surface area contributed by atoms with Gasteiger partial charge in [0, 0.05) is 25.7 Å². The van der Waals surface area contributed by atoms with Crippen LogP contribution >= 0.6 is 0 Å². The second-order valence-electron chi connectivity index (χ2n) is 5.32. The van der Waals surface area contributed by atoms with Gasteiger partial charge in [-0.25, -0.2) is 8.78 Å². The summed E-state index contributed by atoms with van der Waals surface area (Å²) >= 11 is 0. The molecule has 2 rings (SSSR count). The minimum atomic E-state index is -0.418. The van der Waals surface area contributed by atoms with Crippen LogP contribution in [0.1, 0.15) is 16.7 Å². The van der Waals surface area contributed by atoms with Gasteiger partial charge < -0.3 is 15.7 Å². The summed E-state index contributed by atoms with van der Waals surface area (Å²) in [6, 6.07) is 11.1. The molecule has 0 amide bonds. The number of nitrogens with zero attached hydrogens (tertiary/aromatic N) is 1. The van der Waals surface area contributed by atoms with Gasteiger partial charge in [0.1, 0.15) is 11.6 Å². The van der Waals surface area contributed by atoms with Crippen LogP contribution in [0, 0.1) is 11.6 Å². The molecule has 0 saturated carbocycles. The third-order valence-electron chi connectivity index (χ3n) is 3.56. The average molecular weight is 333 g/mol. The lowest BCUT2D eigenvalue weighted by molar-refractivity contribution is 0.275. The normalized spacial score (nSPS) is 11.4. The van der Waals surface area contributed by atoms with Crippen LogP contribution in [0.3, 0.4) is 0 Å². The molecule has 0 fully saturated rings. The number of hydrogen-bond acceptors (Lipinski definition) is 2. The highest BCUT2D eigenvalue weighted by atomic mass is 19.1. The van der Waals surface area contributed by atoms with Crippen LogP contribution in [0.5, 0.6) is 0 Å². The number of rotatable bonds is 6. The molecule has 0 aliphatic carbocycles. The molecule has 0 saturated heterocycles. The Morgan fingerprint density at radius 2 is 1.92 bits per heavy atom. The molecule has 128 valence electrons. The molecular formula is C18H21F2N3O. The Labute approximate surface area is 140 Å². The predicted molar refractivity (Wildman–Crippen MR) is 90.6 cm³/mol. The Morgan fingerprint density at radius 3 is 2.62 bits per heavy atom. The second-order valence-corrected chi connectivity index (χ2v) is 5.32. The van der Waals surface area contributed by atoms with Crippen LogP contribution < -0.4 is 10.6 Å². The molecular weight excluding hydrogens is 312 g/mol. The number of nitrogens with one attached hydrogen (secondary N) is 2. The van der Waals surface area contributed by atoms with E-state index in [9.17, 15) is 8.78 Å². The van der Waals surface area contributed by atoms with Crippen molar-refractivity contribution in [1.29, 1.82) is 0 Å². The third kappa shape index (κ3) is 5.31. The fraction of sp³-hybridized carbons (Fsp3) is 0.278. The lowest BCUT2D eigenvalue weighted by Gasteiger charge is -2.12. The Hall–Kier alpha value is -2.47. The molecule has 3 N–H and O–H groups in total. The molecule has 0 radical (unpaired) electrons. The molecule has 2 aromatic carbocycles. The van der Waals surface area contributed by atoms with Crippen molar-refractivity contribution in [2.45, 2.75) is 19.6 Å². The Bertz CT molecular complexity index is 704. The zero-order chi connectivity index (χ0) is 17.4. The Morgan fingerprint density at radius 1 is 1.08 bits per heavy atom. The van der Waals surface area contributed by atoms with Crippen LogP contribution in [0.15, 0.2) is 47.5 Å². The zero-order valence-corrected chi connectivity index (χ0v) is 13.5. The van der Waals surface area contributed by atoms with Gasteiger partial charge in [0.15, 0.2) is 5.96 Å². The largest absolute Gasteiger partial charge is 0.392 e. The van der Waals surface area contributed by atoms with Crippen molar-refractivity contribution in [2.24, 2.45) is 4.99 Å². The van der Waals surface area contributed by atoms with Crippen LogP contribution in [0.4, 0.5) is 8.78 Å². The van der Waals surface area contributed by atoms with Crippen molar-refractivity contribution in [2.75, 3.05) is 13.6 Å². The van der Waals surface area contributed by atoms with Gasteiger partial charge in [0.2, 0.25) is 0 Å². The fourth-order valence-electron chi connectivity index (χ4n) is 2.28. The van der Waals surface area contributed by atoms with Gasteiger partial charge in [-0.2, -0.15) is 0 Å². The van der Waals surface area contributed by atoms with Gasteiger partial charge in [-0.3, -0.25) is 4.99 Å². The first kappa shape index (κ1) is 17.9. The Balaban J connectivity index is 1.82. The summed E-state index contributed by atoms with van der Waals surface area (Å²) in [4.78, 5) is 4.11. The zero-order valence-electron chi connectivity index (χ0n) is 13.5. The quantitative estimate of drug-likeness (QED) is 0.562. The summed E-state index contributed by atoms with van der Waals surface area (Å²) in [7, 11) is 1.65. The third-order valence-corrected chi connectivity index (χ3v) is 3.56. The van der Waals surface area contributed by atoms with Gasteiger partial charge in [0.05, 0.1) is 6.61 Å². The highest BCUT2D eigenvalue weighted by Crippen LogP contribution is 2.10. The number of aliphatic imine (C=N–C) groups is 1. The van der Waals surface area contributed by atoms with Crippen molar-refractivity contribution in [3.05, 3.63) is 70.8 Å². The summed E-state index contributed by atoms with van der Waals surface area (Å²) in [6.45, 7) is 0.724. The van der Waals surface area contributed by atoms with Crippen molar-refractivity contribution in [3.63, 3.8) is 0 Å². The molecule has 6 heteroatoms. The van der Waals surface area contributed by atoms with E-state index in [1.54, 1.807) is 25.2 Å². The van der Waals surface area contributed by atoms with E-state index in [0.29, 0.717) is 25.5 Å². The molecule has 4 nitrogen and oxygen atoms in total. The monoisotopic (exact) mass is 333 g/mol. The first-order chi connectivity index (χ1) is 11.6. The molecule has 0 heterocycles. The molecule has 24 heavy (non-hydrogen) atoms. The second kappa shape index (κ2) is 8.98. The number of aliphatic hydroxyl groups is 1. The van der Waals surface area contributed by atoms with E-state index in [4.69, 9.17) is 5.11 Å². The molecule has 0 atom stereocenters. The maximum Gasteiger partial charge on any atom is 0.191 e. The van der Waals surface area contributed by atoms with Crippen LogP contribution in [0.25, 0.3) is 0 Å². The highest BCUT2D eigenvalue weighted by Gasteiger charge is 2.04. The smallest absolute Gasteiger partial charge is 0.191 e. The standard InChI is InChI=1S/C18H21F2N3O/c1-21-18(22-8-7-13-3-2-4-16(19)10-13)23-11-14-5-6-17(20)15(9-14)12-24/h2-6,9-10,24H,7-8,11-12H2,1H3,(H2,21,22,23). The van der Waals surface area contributed by atoms with Crippen molar-refractivity contribution in [3.8, 4) is 0 Å². The number of benzene rings is 2. The highest BCUT2D eigenvalue weighted by molar-refractivity contribution is 5.79. The van der Waals surface area contributed by atoms with Gasteiger partial charge >= 0.3 is 0 Å². The number of hydrogen-bond donors (Lipinski definition) is 3. The van der Waals surface area contributed by atoms with E-state index < -0.39 is 5.82 Å². The van der Waals surface area contributed by atoms with Gasteiger partial charge in [-0.05, 0) is 41.8 Å². The summed E-state index contributed by atoms with van der Waals surface area (Å²) in [5, 5.41) is 15.3. The van der Waals surface area contributed by atoms with Crippen LogP contribution in [0.2, 0.25) is 0 Å². The number of guanidine groups is 1. The molecule has 0 aliphatic heterocycles. The molecule has 2 aromatic rings. The molecule has 0 spiro atoms. The summed E-state index contributed by atoms with van der Waals surface area (Å²) in [5.74, 6) is -0.0638. The minimum absolute atomic E-state index is 0.244. The maximum absolute atomic E-state index is 13.3.